The van der Waals surface area contributed by atoms with Crippen molar-refractivity contribution in [2.45, 2.75) is 76.2 Å². The van der Waals surface area contributed by atoms with Crippen molar-refractivity contribution in [2.24, 2.45) is 0 Å². The smallest absolute Gasteiger partial charge is 0.741 e. The Kier molecular flexibility index (Phi) is 20.5. The average Bonchev–Trinajstić information content (AvgIpc) is 3.37. The van der Waals surface area contributed by atoms with Gasteiger partial charge in [-0.3, -0.25) is 12.2 Å². The number of unbranched alkanes of at least 4 members (excludes halogenated alkanes) is 2. The van der Waals surface area contributed by atoms with Crippen molar-refractivity contribution < 1.29 is 78.5 Å². The molecule has 0 aromatic carbocycles. The summed E-state index contributed by atoms with van der Waals surface area (Å²) in [7, 11) is -12.2. The van der Waals surface area contributed by atoms with Gasteiger partial charge >= 0.3 is 37.2 Å². The van der Waals surface area contributed by atoms with Crippen molar-refractivity contribution in [1.29, 1.82) is 0 Å². The second-order valence-corrected chi connectivity index (χ2v) is 9.37. The van der Waals surface area contributed by atoms with Gasteiger partial charge < -0.3 is 9.11 Å². The molecule has 0 heterocycles. The summed E-state index contributed by atoms with van der Waals surface area (Å²) in [6, 6.07) is 0. The zero-order valence-corrected chi connectivity index (χ0v) is 23.1. The minimum Gasteiger partial charge on any atom is -0.741 e. The molecule has 15 heteroatoms. The van der Waals surface area contributed by atoms with Crippen molar-refractivity contribution in [3.05, 3.63) is 47.6 Å². The molecule has 6 nitrogen and oxygen atoms in total. The van der Waals surface area contributed by atoms with Gasteiger partial charge in [0.15, 0.2) is 20.2 Å². The average molecular weight is 632 g/mol. The van der Waals surface area contributed by atoms with Crippen LogP contribution >= 0.6 is 0 Å². The SMILES string of the molecule is CCCCC1=[C-]CC=C1.CCCCC1=[C-]CC=C1.O=S(=O)([O-])C(F)(F)F.O=S(=O)([O-])C(F)(F)F.[Zr+2]. The minimum absolute atomic E-state index is 0. The summed E-state index contributed by atoms with van der Waals surface area (Å²) in [4.78, 5) is 0. The predicted molar refractivity (Wildman–Crippen MR) is 112 cm³/mol. The van der Waals surface area contributed by atoms with Gasteiger partial charge in [-0.05, 0) is 0 Å². The fourth-order valence-corrected chi connectivity index (χ4v) is 1.98. The van der Waals surface area contributed by atoms with Crippen LogP contribution in [0.5, 0.6) is 0 Å². The third kappa shape index (κ3) is 21.1. The van der Waals surface area contributed by atoms with Crippen LogP contribution in [0.3, 0.4) is 0 Å². The number of halogens is 6. The predicted octanol–water partition coefficient (Wildman–Crippen LogP) is 5.83. The Morgan fingerprint density at radius 2 is 1.00 bits per heavy atom. The first-order valence-corrected chi connectivity index (χ1v) is 12.7. The molecule has 0 aliphatic heterocycles. The van der Waals surface area contributed by atoms with Crippen LogP contribution in [0, 0.1) is 12.2 Å². The molecule has 0 N–H and O–H groups in total. The molecule has 0 fully saturated rings. The maximum absolute atomic E-state index is 10.7. The van der Waals surface area contributed by atoms with E-state index in [2.05, 4.69) is 50.3 Å². The monoisotopic (exact) mass is 630 g/mol. The number of alkyl halides is 6. The van der Waals surface area contributed by atoms with Crippen molar-refractivity contribution in [2.75, 3.05) is 0 Å². The summed E-state index contributed by atoms with van der Waals surface area (Å²) < 4.78 is 118. The van der Waals surface area contributed by atoms with Gasteiger partial charge in [-0.1, -0.05) is 52.4 Å². The quantitative estimate of drug-likeness (QED) is 0.158. The second kappa shape index (κ2) is 18.5. The molecule has 0 saturated heterocycles. The molecule has 0 unspecified atom stereocenters. The van der Waals surface area contributed by atoms with Crippen LogP contribution in [0.25, 0.3) is 0 Å². The van der Waals surface area contributed by atoms with Crippen molar-refractivity contribution in [3.8, 4) is 0 Å². The van der Waals surface area contributed by atoms with Crippen LogP contribution < -0.4 is 0 Å². The van der Waals surface area contributed by atoms with Crippen LogP contribution in [-0.4, -0.2) is 37.0 Å². The summed E-state index contributed by atoms with van der Waals surface area (Å²) in [5, 5.41) is 0. The summed E-state index contributed by atoms with van der Waals surface area (Å²) in [5.41, 5.74) is -8.46. The number of rotatable bonds is 6. The summed E-state index contributed by atoms with van der Waals surface area (Å²) in [6.45, 7) is 4.44. The molecular formula is C20H26F6O6S2Zr-2. The van der Waals surface area contributed by atoms with E-state index in [1.165, 1.54) is 49.7 Å². The van der Waals surface area contributed by atoms with E-state index in [9.17, 15) is 26.3 Å². The van der Waals surface area contributed by atoms with Gasteiger partial charge in [-0.15, -0.1) is 12.8 Å². The van der Waals surface area contributed by atoms with E-state index in [1.807, 2.05) is 0 Å². The molecule has 2 aliphatic carbocycles. The molecule has 2 aliphatic rings. The van der Waals surface area contributed by atoms with Gasteiger partial charge in [-0.2, -0.15) is 38.5 Å². The zero-order valence-electron chi connectivity index (χ0n) is 19.0. The molecule has 0 aromatic rings. The van der Waals surface area contributed by atoms with Gasteiger partial charge in [0, 0.05) is 0 Å². The summed E-state index contributed by atoms with van der Waals surface area (Å²) >= 11 is 0. The molecule has 0 amide bonds. The Bertz CT molecular complexity index is 843. The van der Waals surface area contributed by atoms with E-state index >= 15 is 0 Å². The molecule has 0 spiro atoms. The first-order chi connectivity index (χ1) is 15.4. The van der Waals surface area contributed by atoms with Gasteiger partial charge in [0.2, 0.25) is 0 Å². The van der Waals surface area contributed by atoms with Crippen molar-refractivity contribution >= 4 is 20.2 Å². The van der Waals surface area contributed by atoms with Crippen molar-refractivity contribution in [3.63, 3.8) is 0 Å². The maximum atomic E-state index is 10.7. The van der Waals surface area contributed by atoms with Gasteiger partial charge in [0.25, 0.3) is 0 Å². The third-order valence-corrected chi connectivity index (χ3v) is 4.83. The van der Waals surface area contributed by atoms with E-state index < -0.39 is 31.3 Å². The first-order valence-electron chi connectivity index (χ1n) is 9.93. The van der Waals surface area contributed by atoms with Crippen LogP contribution in [0.1, 0.15) is 65.2 Å². The molecule has 202 valence electrons. The fourth-order valence-electron chi connectivity index (χ4n) is 1.98. The second-order valence-electron chi connectivity index (χ2n) is 6.62. The Hall–Kier alpha value is -0.757. The summed E-state index contributed by atoms with van der Waals surface area (Å²) in [6.07, 6.45) is 25.1. The van der Waals surface area contributed by atoms with E-state index in [1.54, 1.807) is 0 Å². The van der Waals surface area contributed by atoms with Gasteiger partial charge in [0.1, 0.15) is 0 Å². The molecule has 35 heavy (non-hydrogen) atoms. The zero-order chi connectivity index (χ0) is 27.1. The molecule has 0 bridgehead atoms. The molecule has 0 radical (unpaired) electrons. The molecule has 0 saturated carbocycles. The Morgan fingerprint density at radius 3 is 1.14 bits per heavy atom. The number of allylic oxidation sites excluding steroid dienone is 8. The Morgan fingerprint density at radius 1 is 0.743 bits per heavy atom. The normalized spacial score (nSPS) is 14.8. The summed E-state index contributed by atoms with van der Waals surface area (Å²) in [5.74, 6) is 0. The van der Waals surface area contributed by atoms with Gasteiger partial charge in [0.05, 0.1) is 0 Å². The largest absolute Gasteiger partial charge is 2.00 e. The Balaban J connectivity index is -0.000000387. The standard InChI is InChI=1S/2C9H13.2CHF3O3S.Zr/c2*1-2-3-6-9-7-4-5-8-9;2*2-1(3,4)8(5,6)7;/h2*4,7H,2-3,5-6H2,1H3;2*(H,5,6,7);/q2*-1;;;+2/p-2. The van der Waals surface area contributed by atoms with E-state index in [-0.39, 0.29) is 26.2 Å². The van der Waals surface area contributed by atoms with Crippen LogP contribution in [-0.2, 0) is 46.4 Å². The van der Waals surface area contributed by atoms with E-state index in [0.29, 0.717) is 0 Å². The first kappa shape index (κ1) is 38.8. The molecular weight excluding hydrogens is 606 g/mol. The number of hydrogen-bond donors (Lipinski definition) is 0. The fraction of sp³-hybridized carbons (Fsp3) is 0.600. The Labute approximate surface area is 221 Å². The minimum atomic E-state index is -6.09. The molecule has 2 rings (SSSR count). The topological polar surface area (TPSA) is 114 Å². The molecule has 0 aromatic heterocycles. The number of hydrogen-bond acceptors (Lipinski definition) is 6. The van der Waals surface area contributed by atoms with Crippen LogP contribution in [0.15, 0.2) is 35.5 Å². The maximum Gasteiger partial charge on any atom is 2.00 e. The molecule has 0 atom stereocenters. The van der Waals surface area contributed by atoms with Crippen LogP contribution in [0.2, 0.25) is 0 Å². The van der Waals surface area contributed by atoms with E-state index in [0.717, 1.165) is 12.8 Å². The third-order valence-electron chi connectivity index (χ3n) is 3.70. The van der Waals surface area contributed by atoms with Gasteiger partial charge in [-0.25, -0.2) is 40.1 Å². The van der Waals surface area contributed by atoms with Crippen LogP contribution in [0.4, 0.5) is 26.3 Å². The van der Waals surface area contributed by atoms with Crippen molar-refractivity contribution in [1.82, 2.24) is 0 Å². The van der Waals surface area contributed by atoms with E-state index in [4.69, 9.17) is 25.9 Å².